The topological polar surface area (TPSA) is 68.0 Å². The van der Waals surface area contributed by atoms with Crippen molar-refractivity contribution in [2.24, 2.45) is 5.73 Å². The number of hydrogen-bond donors (Lipinski definition) is 2. The lowest BCUT2D eigenvalue weighted by Crippen LogP contribution is -2.13. The zero-order chi connectivity index (χ0) is 10.3. The number of rotatable bonds is 1. The standard InChI is InChI=1S/C10H13N3O/c1-5-6(2)13-10-8(5)3-7(4-12-10)9(11)14/h3-6H,1-2H3,(H2,11,14)(H,12,13)/t5-,6+/m0/s1. The highest BCUT2D eigenvalue weighted by molar-refractivity contribution is 5.93. The summed E-state index contributed by atoms with van der Waals surface area (Å²) >= 11 is 0. The molecule has 0 unspecified atom stereocenters. The molecule has 0 fully saturated rings. The number of nitrogens with two attached hydrogens (primary N) is 1. The zero-order valence-electron chi connectivity index (χ0n) is 8.24. The Bertz CT molecular complexity index is 389. The second kappa shape index (κ2) is 2.97. The lowest BCUT2D eigenvalue weighted by Gasteiger charge is -2.08. The third-order valence-corrected chi connectivity index (χ3v) is 2.81. The van der Waals surface area contributed by atoms with E-state index in [4.69, 9.17) is 5.73 Å². The summed E-state index contributed by atoms with van der Waals surface area (Å²) in [5, 5.41) is 3.25. The normalized spacial score (nSPS) is 24.1. The molecule has 2 rings (SSSR count). The predicted molar refractivity (Wildman–Crippen MR) is 54.3 cm³/mol. The van der Waals surface area contributed by atoms with E-state index in [1.807, 2.05) is 6.07 Å². The second-order valence-corrected chi connectivity index (χ2v) is 3.75. The van der Waals surface area contributed by atoms with Crippen molar-refractivity contribution in [2.75, 3.05) is 5.32 Å². The Labute approximate surface area is 82.5 Å². The van der Waals surface area contributed by atoms with Crippen LogP contribution in [0.15, 0.2) is 12.3 Å². The largest absolute Gasteiger partial charge is 0.367 e. The van der Waals surface area contributed by atoms with Crippen molar-refractivity contribution in [3.05, 3.63) is 23.4 Å². The molecule has 0 saturated carbocycles. The van der Waals surface area contributed by atoms with E-state index in [9.17, 15) is 4.79 Å². The van der Waals surface area contributed by atoms with E-state index in [0.29, 0.717) is 17.5 Å². The van der Waals surface area contributed by atoms with E-state index >= 15 is 0 Å². The second-order valence-electron chi connectivity index (χ2n) is 3.75. The monoisotopic (exact) mass is 191 g/mol. The number of nitrogens with zero attached hydrogens (tertiary/aromatic N) is 1. The number of hydrogen-bond acceptors (Lipinski definition) is 3. The van der Waals surface area contributed by atoms with Crippen LogP contribution in [0.3, 0.4) is 0 Å². The Morgan fingerprint density at radius 1 is 1.57 bits per heavy atom. The van der Waals surface area contributed by atoms with Gasteiger partial charge in [-0.3, -0.25) is 4.79 Å². The molecule has 3 N–H and O–H groups in total. The van der Waals surface area contributed by atoms with Crippen molar-refractivity contribution < 1.29 is 4.79 Å². The fraction of sp³-hybridized carbons (Fsp3) is 0.400. The highest BCUT2D eigenvalue weighted by Crippen LogP contribution is 2.33. The summed E-state index contributed by atoms with van der Waals surface area (Å²) in [6.45, 7) is 4.20. The third-order valence-electron chi connectivity index (χ3n) is 2.81. The number of fused-ring (bicyclic) bond motifs is 1. The van der Waals surface area contributed by atoms with Gasteiger partial charge in [-0.05, 0) is 13.0 Å². The fourth-order valence-corrected chi connectivity index (χ4v) is 1.69. The number of nitrogens with one attached hydrogen (secondary N) is 1. The van der Waals surface area contributed by atoms with Gasteiger partial charge >= 0.3 is 0 Å². The molecule has 0 radical (unpaired) electrons. The Hall–Kier alpha value is -1.58. The van der Waals surface area contributed by atoms with Crippen LogP contribution in [0.2, 0.25) is 0 Å². The van der Waals surface area contributed by atoms with Gasteiger partial charge in [-0.25, -0.2) is 4.98 Å². The van der Waals surface area contributed by atoms with Gasteiger partial charge in [0.25, 0.3) is 0 Å². The molecule has 4 heteroatoms. The van der Waals surface area contributed by atoms with Crippen LogP contribution in [0.25, 0.3) is 0 Å². The molecule has 1 aromatic heterocycles. The van der Waals surface area contributed by atoms with Crippen LogP contribution in [0.1, 0.15) is 35.7 Å². The van der Waals surface area contributed by atoms with Crippen LogP contribution >= 0.6 is 0 Å². The van der Waals surface area contributed by atoms with E-state index in [1.165, 1.54) is 6.20 Å². The predicted octanol–water partition coefficient (Wildman–Crippen LogP) is 1.10. The van der Waals surface area contributed by atoms with Gasteiger partial charge in [-0.15, -0.1) is 0 Å². The summed E-state index contributed by atoms with van der Waals surface area (Å²) in [6, 6.07) is 2.19. The highest BCUT2D eigenvalue weighted by Gasteiger charge is 2.26. The van der Waals surface area contributed by atoms with Crippen LogP contribution in [0.5, 0.6) is 0 Å². The van der Waals surface area contributed by atoms with Gasteiger partial charge in [0.2, 0.25) is 5.91 Å². The molecule has 1 aromatic rings. The number of carbonyl (C=O) groups excluding carboxylic acids is 1. The SMILES string of the molecule is C[C@@H]1c2cc(C(N)=O)cnc2N[C@@H]1C. The van der Waals surface area contributed by atoms with Crippen molar-refractivity contribution in [3.8, 4) is 0 Å². The Morgan fingerprint density at radius 3 is 2.93 bits per heavy atom. The van der Waals surface area contributed by atoms with Crippen LogP contribution in [-0.4, -0.2) is 16.9 Å². The number of pyridine rings is 1. The minimum Gasteiger partial charge on any atom is -0.367 e. The number of amides is 1. The van der Waals surface area contributed by atoms with Crippen LogP contribution in [0, 0.1) is 0 Å². The van der Waals surface area contributed by atoms with Crippen molar-refractivity contribution in [2.45, 2.75) is 25.8 Å². The molecule has 0 saturated heterocycles. The molecule has 14 heavy (non-hydrogen) atoms. The number of anilines is 1. The molecule has 1 aliphatic heterocycles. The molecular weight excluding hydrogens is 178 g/mol. The maximum absolute atomic E-state index is 11.0. The highest BCUT2D eigenvalue weighted by atomic mass is 16.1. The molecular formula is C10H13N3O. The molecule has 0 bridgehead atoms. The average molecular weight is 191 g/mol. The maximum atomic E-state index is 11.0. The van der Waals surface area contributed by atoms with Crippen LogP contribution in [0.4, 0.5) is 5.82 Å². The Kier molecular flexibility index (Phi) is 1.91. The molecule has 2 heterocycles. The van der Waals surface area contributed by atoms with Crippen molar-refractivity contribution in [1.82, 2.24) is 4.98 Å². The van der Waals surface area contributed by atoms with Gasteiger partial charge in [0.05, 0.1) is 5.56 Å². The van der Waals surface area contributed by atoms with Crippen LogP contribution in [-0.2, 0) is 0 Å². The molecule has 74 valence electrons. The summed E-state index contributed by atoms with van der Waals surface area (Å²) in [4.78, 5) is 15.1. The molecule has 4 nitrogen and oxygen atoms in total. The van der Waals surface area contributed by atoms with Gasteiger partial charge in [0.15, 0.2) is 0 Å². The average Bonchev–Trinajstić information content (AvgIpc) is 2.43. The van der Waals surface area contributed by atoms with E-state index in [1.54, 1.807) is 0 Å². The van der Waals surface area contributed by atoms with Crippen molar-refractivity contribution in [1.29, 1.82) is 0 Å². The first-order valence-corrected chi connectivity index (χ1v) is 4.66. The van der Waals surface area contributed by atoms with Crippen molar-refractivity contribution in [3.63, 3.8) is 0 Å². The van der Waals surface area contributed by atoms with Gasteiger partial charge < -0.3 is 11.1 Å². The Balaban J connectivity index is 2.46. The molecule has 0 spiro atoms. The summed E-state index contributed by atoms with van der Waals surface area (Å²) in [6.07, 6.45) is 1.51. The number of primary amides is 1. The summed E-state index contributed by atoms with van der Waals surface area (Å²) in [5.41, 5.74) is 6.74. The van der Waals surface area contributed by atoms with Crippen LogP contribution < -0.4 is 11.1 Å². The summed E-state index contributed by atoms with van der Waals surface area (Å²) < 4.78 is 0. The minimum absolute atomic E-state index is 0.362. The van der Waals surface area contributed by atoms with Gasteiger partial charge in [-0.1, -0.05) is 6.92 Å². The smallest absolute Gasteiger partial charge is 0.250 e. The summed E-state index contributed by atoms with van der Waals surface area (Å²) in [5.74, 6) is 0.818. The first-order valence-electron chi connectivity index (χ1n) is 4.66. The zero-order valence-corrected chi connectivity index (χ0v) is 8.24. The first kappa shape index (κ1) is 8.99. The van der Waals surface area contributed by atoms with E-state index in [0.717, 1.165) is 11.4 Å². The quantitative estimate of drug-likeness (QED) is 0.698. The van der Waals surface area contributed by atoms with Gasteiger partial charge in [-0.2, -0.15) is 0 Å². The number of carbonyl (C=O) groups is 1. The Morgan fingerprint density at radius 2 is 2.29 bits per heavy atom. The lowest BCUT2D eigenvalue weighted by atomic mass is 9.98. The third kappa shape index (κ3) is 1.23. The molecule has 2 atom stereocenters. The van der Waals surface area contributed by atoms with E-state index in [-0.39, 0.29) is 0 Å². The van der Waals surface area contributed by atoms with Crippen molar-refractivity contribution >= 4 is 11.7 Å². The molecule has 1 aliphatic rings. The van der Waals surface area contributed by atoms with E-state index in [2.05, 4.69) is 24.1 Å². The van der Waals surface area contributed by atoms with Gasteiger partial charge in [0, 0.05) is 23.7 Å². The lowest BCUT2D eigenvalue weighted by molar-refractivity contribution is 0.1000. The fourth-order valence-electron chi connectivity index (χ4n) is 1.69. The summed E-state index contributed by atoms with van der Waals surface area (Å²) in [7, 11) is 0. The molecule has 1 amide bonds. The van der Waals surface area contributed by atoms with E-state index < -0.39 is 5.91 Å². The first-order chi connectivity index (χ1) is 6.59. The van der Waals surface area contributed by atoms with Gasteiger partial charge in [0.1, 0.15) is 5.82 Å². The minimum atomic E-state index is -0.424. The maximum Gasteiger partial charge on any atom is 0.250 e. The molecule has 0 aromatic carbocycles. The number of aromatic nitrogens is 1. The molecule has 0 aliphatic carbocycles.